The lowest BCUT2D eigenvalue weighted by Gasteiger charge is -2.33. The second kappa shape index (κ2) is 8.35. The van der Waals surface area contributed by atoms with Crippen molar-refractivity contribution >= 4 is 5.91 Å². The number of hydrogen-bond acceptors (Lipinski definition) is 5. The normalized spacial score (nSPS) is 17.8. The van der Waals surface area contributed by atoms with Crippen LogP contribution in [0.15, 0.2) is 42.5 Å². The molecule has 2 heterocycles. The van der Waals surface area contributed by atoms with Crippen molar-refractivity contribution < 1.29 is 13.9 Å². The molecular weight excluding hydrogens is 409 g/mol. The Morgan fingerprint density at radius 3 is 2.62 bits per heavy atom. The summed E-state index contributed by atoms with van der Waals surface area (Å²) in [7, 11) is 0. The molecule has 1 aliphatic carbocycles. The number of fused-ring (bicyclic) bond motifs is 1. The molecule has 2 N–H and O–H groups in total. The second-order valence-corrected chi connectivity index (χ2v) is 8.43. The Bertz CT molecular complexity index is 1140. The molecule has 32 heavy (non-hydrogen) atoms. The summed E-state index contributed by atoms with van der Waals surface area (Å²) in [5, 5.41) is 4.59. The molecule has 2 aliphatic rings. The SMILES string of the molecule is C[C@@H]1c2nc(C3CC3)nn2CCN1C(=O)c1cc(Oc2ccc(CCN)cc2)ccc1F. The topological polar surface area (TPSA) is 86.3 Å². The molecule has 0 saturated heterocycles. The number of amides is 1. The lowest BCUT2D eigenvalue weighted by molar-refractivity contribution is 0.0625. The van der Waals surface area contributed by atoms with Crippen LogP contribution in [0.3, 0.4) is 0 Å². The van der Waals surface area contributed by atoms with Crippen LogP contribution in [-0.2, 0) is 13.0 Å². The molecule has 1 aliphatic heterocycles. The van der Waals surface area contributed by atoms with E-state index < -0.39 is 5.82 Å². The Morgan fingerprint density at radius 2 is 1.91 bits per heavy atom. The first-order chi connectivity index (χ1) is 15.5. The third-order valence-corrected chi connectivity index (χ3v) is 6.07. The van der Waals surface area contributed by atoms with Crippen LogP contribution in [-0.4, -0.2) is 38.7 Å². The Balaban J connectivity index is 1.35. The van der Waals surface area contributed by atoms with Gasteiger partial charge >= 0.3 is 0 Å². The Hall–Kier alpha value is -3.26. The summed E-state index contributed by atoms with van der Waals surface area (Å²) in [6.07, 6.45) is 3.03. The van der Waals surface area contributed by atoms with E-state index in [1.54, 1.807) is 4.90 Å². The summed E-state index contributed by atoms with van der Waals surface area (Å²) in [4.78, 5) is 19.6. The molecule has 0 unspecified atom stereocenters. The second-order valence-electron chi connectivity index (χ2n) is 8.43. The van der Waals surface area contributed by atoms with E-state index in [1.165, 1.54) is 18.2 Å². The zero-order valence-corrected chi connectivity index (χ0v) is 18.0. The van der Waals surface area contributed by atoms with Crippen LogP contribution in [0.4, 0.5) is 4.39 Å². The smallest absolute Gasteiger partial charge is 0.257 e. The summed E-state index contributed by atoms with van der Waals surface area (Å²) in [5.74, 6) is 2.14. The molecule has 2 aromatic carbocycles. The molecule has 0 radical (unpaired) electrons. The van der Waals surface area contributed by atoms with Crippen molar-refractivity contribution in [1.29, 1.82) is 0 Å². The molecule has 1 saturated carbocycles. The monoisotopic (exact) mass is 435 g/mol. The average Bonchev–Trinajstić information content (AvgIpc) is 3.55. The maximum Gasteiger partial charge on any atom is 0.257 e. The number of ether oxygens (including phenoxy) is 1. The standard InChI is InChI=1S/C24H26FN5O2/c1-15-23-27-22(17-4-5-17)28-30(23)13-12-29(15)24(31)20-14-19(8-9-21(20)25)32-18-6-2-16(3-7-18)10-11-26/h2-3,6-9,14-15,17H,4-5,10-13,26H2,1H3/t15-/m1/s1. The molecule has 0 bridgehead atoms. The van der Waals surface area contributed by atoms with E-state index >= 15 is 0 Å². The number of halogens is 1. The number of carbonyl (C=O) groups excluding carboxylic acids is 1. The van der Waals surface area contributed by atoms with Crippen LogP contribution >= 0.6 is 0 Å². The number of nitrogens with two attached hydrogens (primary N) is 1. The van der Waals surface area contributed by atoms with Gasteiger partial charge in [-0.25, -0.2) is 14.1 Å². The molecule has 166 valence electrons. The van der Waals surface area contributed by atoms with Crippen molar-refractivity contribution in [3.8, 4) is 11.5 Å². The van der Waals surface area contributed by atoms with Gasteiger partial charge in [0.15, 0.2) is 5.82 Å². The molecule has 1 aromatic heterocycles. The van der Waals surface area contributed by atoms with Gasteiger partial charge in [-0.15, -0.1) is 0 Å². The van der Waals surface area contributed by atoms with Gasteiger partial charge in [0.25, 0.3) is 5.91 Å². The first-order valence-electron chi connectivity index (χ1n) is 11.1. The van der Waals surface area contributed by atoms with Gasteiger partial charge in [0.2, 0.25) is 0 Å². The zero-order chi connectivity index (χ0) is 22.2. The van der Waals surface area contributed by atoms with Gasteiger partial charge in [0, 0.05) is 12.5 Å². The minimum atomic E-state index is -0.571. The fourth-order valence-electron chi connectivity index (χ4n) is 4.09. The van der Waals surface area contributed by atoms with Gasteiger partial charge in [-0.1, -0.05) is 12.1 Å². The molecule has 5 rings (SSSR count). The van der Waals surface area contributed by atoms with Gasteiger partial charge in [-0.3, -0.25) is 4.79 Å². The summed E-state index contributed by atoms with van der Waals surface area (Å²) in [6.45, 7) is 3.50. The first kappa shape index (κ1) is 20.6. The van der Waals surface area contributed by atoms with Crippen LogP contribution in [0.25, 0.3) is 0 Å². The maximum absolute atomic E-state index is 14.6. The van der Waals surface area contributed by atoms with E-state index in [0.29, 0.717) is 37.1 Å². The highest BCUT2D eigenvalue weighted by Crippen LogP contribution is 2.39. The summed E-state index contributed by atoms with van der Waals surface area (Å²) >= 11 is 0. The van der Waals surface area contributed by atoms with Crippen LogP contribution < -0.4 is 10.5 Å². The van der Waals surface area contributed by atoms with Gasteiger partial charge < -0.3 is 15.4 Å². The van der Waals surface area contributed by atoms with E-state index in [2.05, 4.69) is 10.1 Å². The molecular formula is C24H26FN5O2. The number of carbonyl (C=O) groups is 1. The van der Waals surface area contributed by atoms with Gasteiger partial charge in [-0.05, 0) is 68.6 Å². The summed E-state index contributed by atoms with van der Waals surface area (Å²) < 4.78 is 22.4. The highest BCUT2D eigenvalue weighted by atomic mass is 19.1. The lowest BCUT2D eigenvalue weighted by atomic mass is 10.1. The molecule has 1 amide bonds. The largest absolute Gasteiger partial charge is 0.457 e. The van der Waals surface area contributed by atoms with Gasteiger partial charge in [-0.2, -0.15) is 5.10 Å². The van der Waals surface area contributed by atoms with Crippen LogP contribution in [0.1, 0.15) is 59.3 Å². The van der Waals surface area contributed by atoms with Gasteiger partial charge in [0.05, 0.1) is 18.2 Å². The molecule has 1 fully saturated rings. The van der Waals surface area contributed by atoms with E-state index in [-0.39, 0.29) is 17.5 Å². The first-order valence-corrected chi connectivity index (χ1v) is 11.1. The van der Waals surface area contributed by atoms with Crippen molar-refractivity contribution in [2.75, 3.05) is 13.1 Å². The van der Waals surface area contributed by atoms with Crippen LogP contribution in [0.2, 0.25) is 0 Å². The molecule has 1 atom stereocenters. The maximum atomic E-state index is 14.6. The van der Waals surface area contributed by atoms with Crippen molar-refractivity contribution in [2.24, 2.45) is 5.73 Å². The van der Waals surface area contributed by atoms with Gasteiger partial charge in [0.1, 0.15) is 23.1 Å². The highest BCUT2D eigenvalue weighted by molar-refractivity contribution is 5.95. The fourth-order valence-corrected chi connectivity index (χ4v) is 4.09. The van der Waals surface area contributed by atoms with E-state index in [0.717, 1.165) is 36.5 Å². The van der Waals surface area contributed by atoms with Crippen LogP contribution in [0, 0.1) is 5.82 Å². The fraction of sp³-hybridized carbons (Fsp3) is 0.375. The van der Waals surface area contributed by atoms with Crippen molar-refractivity contribution in [1.82, 2.24) is 19.7 Å². The van der Waals surface area contributed by atoms with Crippen LogP contribution in [0.5, 0.6) is 11.5 Å². The summed E-state index contributed by atoms with van der Waals surface area (Å²) in [6, 6.07) is 11.5. The predicted octanol–water partition coefficient (Wildman–Crippen LogP) is 3.81. The van der Waals surface area contributed by atoms with E-state index in [9.17, 15) is 9.18 Å². The third kappa shape index (κ3) is 3.98. The zero-order valence-electron chi connectivity index (χ0n) is 18.0. The Morgan fingerprint density at radius 1 is 1.16 bits per heavy atom. The Labute approximate surface area is 186 Å². The predicted molar refractivity (Wildman–Crippen MR) is 117 cm³/mol. The van der Waals surface area contributed by atoms with Crippen molar-refractivity contribution in [2.45, 2.75) is 44.7 Å². The minimum absolute atomic E-state index is 0.00974. The summed E-state index contributed by atoms with van der Waals surface area (Å²) in [5.41, 5.74) is 6.69. The minimum Gasteiger partial charge on any atom is -0.457 e. The molecule has 3 aromatic rings. The number of nitrogens with zero attached hydrogens (tertiary/aromatic N) is 4. The number of rotatable bonds is 6. The number of benzene rings is 2. The third-order valence-electron chi connectivity index (χ3n) is 6.07. The average molecular weight is 436 g/mol. The van der Waals surface area contributed by atoms with Crippen molar-refractivity contribution in [3.05, 3.63) is 71.1 Å². The van der Waals surface area contributed by atoms with E-state index in [4.69, 9.17) is 10.5 Å². The number of hydrogen-bond donors (Lipinski definition) is 1. The molecule has 7 nitrogen and oxygen atoms in total. The number of aromatic nitrogens is 3. The quantitative estimate of drug-likeness (QED) is 0.636. The molecule has 0 spiro atoms. The van der Waals surface area contributed by atoms with Crippen molar-refractivity contribution in [3.63, 3.8) is 0 Å². The van der Waals surface area contributed by atoms with E-state index in [1.807, 2.05) is 35.9 Å². The highest BCUT2D eigenvalue weighted by Gasteiger charge is 2.35. The Kier molecular flexibility index (Phi) is 5.38. The lowest BCUT2D eigenvalue weighted by Crippen LogP contribution is -2.41. The molecule has 8 heteroatoms.